The van der Waals surface area contributed by atoms with Crippen LogP contribution in [0.4, 0.5) is 29.1 Å². The topological polar surface area (TPSA) is 109 Å². The number of fused-ring (bicyclic) bond motifs is 1. The number of H-pyrrole nitrogens is 1. The van der Waals surface area contributed by atoms with Gasteiger partial charge >= 0.3 is 6.18 Å². The van der Waals surface area contributed by atoms with Crippen molar-refractivity contribution in [3.05, 3.63) is 70.3 Å². The number of pyridine rings is 1. The molecule has 2 aromatic heterocycles. The number of aryl methyl sites for hydroxylation is 2. The van der Waals surface area contributed by atoms with Crippen molar-refractivity contribution in [2.24, 2.45) is 0 Å². The van der Waals surface area contributed by atoms with E-state index in [1.54, 1.807) is 18.2 Å². The Bertz CT molecular complexity index is 1450. The predicted molar refractivity (Wildman–Crippen MR) is 135 cm³/mol. The zero-order valence-corrected chi connectivity index (χ0v) is 20.3. The number of aromatic amines is 1. The van der Waals surface area contributed by atoms with Crippen LogP contribution in [0, 0.1) is 13.8 Å². The average Bonchev–Trinajstić information content (AvgIpc) is 3.24. The molecule has 11 heteroatoms. The molecule has 0 aliphatic carbocycles. The number of aromatic nitrogens is 3. The molecule has 0 fully saturated rings. The lowest BCUT2D eigenvalue weighted by Crippen LogP contribution is -2.20. The van der Waals surface area contributed by atoms with Gasteiger partial charge in [0.2, 0.25) is 0 Å². The summed E-state index contributed by atoms with van der Waals surface area (Å²) in [6.07, 6.45) is -4.02. The molecule has 194 valence electrons. The van der Waals surface area contributed by atoms with E-state index in [0.29, 0.717) is 46.8 Å². The molecule has 0 radical (unpaired) electrons. The summed E-state index contributed by atoms with van der Waals surface area (Å²) in [7, 11) is 0. The van der Waals surface area contributed by atoms with Gasteiger partial charge in [0.1, 0.15) is 12.5 Å². The van der Waals surface area contributed by atoms with Gasteiger partial charge in [0.05, 0.1) is 16.6 Å². The Morgan fingerprint density at radius 2 is 1.89 bits per heavy atom. The van der Waals surface area contributed by atoms with Crippen LogP contribution in [0.5, 0.6) is 0 Å². The van der Waals surface area contributed by atoms with Gasteiger partial charge in [0.25, 0.3) is 5.91 Å². The summed E-state index contributed by atoms with van der Waals surface area (Å²) in [5, 5.41) is 13.4. The Morgan fingerprint density at radius 1 is 1.11 bits per heavy atom. The van der Waals surface area contributed by atoms with Crippen molar-refractivity contribution < 1.29 is 22.4 Å². The van der Waals surface area contributed by atoms with Gasteiger partial charge in [-0.3, -0.25) is 9.89 Å². The van der Waals surface area contributed by atoms with Gasteiger partial charge in [0, 0.05) is 23.4 Å². The van der Waals surface area contributed by atoms with E-state index in [2.05, 4.69) is 20.8 Å². The summed E-state index contributed by atoms with van der Waals surface area (Å²) in [6, 6.07) is 9.43. The van der Waals surface area contributed by atoms with Crippen LogP contribution in [-0.2, 0) is 12.6 Å². The quantitative estimate of drug-likeness (QED) is 0.191. The zero-order chi connectivity index (χ0) is 26.7. The van der Waals surface area contributed by atoms with E-state index < -0.39 is 24.3 Å². The Morgan fingerprint density at radius 3 is 2.62 bits per heavy atom. The van der Waals surface area contributed by atoms with Crippen LogP contribution in [-0.4, -0.2) is 40.9 Å². The monoisotopic (exact) mass is 514 g/mol. The van der Waals surface area contributed by atoms with Gasteiger partial charge in [-0.15, -0.1) is 0 Å². The van der Waals surface area contributed by atoms with Crippen molar-refractivity contribution in [2.45, 2.75) is 26.4 Å². The van der Waals surface area contributed by atoms with Gasteiger partial charge < -0.3 is 16.4 Å². The standard InChI is InChI=1S/C26H26F4N6O/c1-14-6-7-18(33-25(37)16-4-3-5-17(12-16)26(28,29)30)13-20(14)22-19(8-10-32-11-9-27)15(2)21-23(31)35-36-24(21)34-22/h3-7,12-13,32H,8-11H2,1-2H3,(H,33,37)(H3,31,34,35,36). The molecule has 0 aliphatic heterocycles. The molecule has 7 nitrogen and oxygen atoms in total. The number of hydrogen-bond acceptors (Lipinski definition) is 5. The lowest BCUT2D eigenvalue weighted by molar-refractivity contribution is -0.137. The fourth-order valence-corrected chi connectivity index (χ4v) is 4.23. The van der Waals surface area contributed by atoms with Crippen LogP contribution < -0.4 is 16.4 Å². The predicted octanol–water partition coefficient (Wildman–Crippen LogP) is 5.20. The number of nitrogens with two attached hydrogens (primary N) is 1. The van der Waals surface area contributed by atoms with Crippen molar-refractivity contribution in [3.8, 4) is 11.3 Å². The third kappa shape index (κ3) is 5.56. The molecule has 0 atom stereocenters. The molecule has 4 aromatic rings. The van der Waals surface area contributed by atoms with Gasteiger partial charge in [-0.1, -0.05) is 12.1 Å². The summed E-state index contributed by atoms with van der Waals surface area (Å²) in [5.41, 5.74) is 9.87. The lowest BCUT2D eigenvalue weighted by atomic mass is 9.94. The van der Waals surface area contributed by atoms with E-state index in [1.165, 1.54) is 12.1 Å². The van der Waals surface area contributed by atoms with Gasteiger partial charge in [-0.2, -0.15) is 18.3 Å². The number of amides is 1. The molecule has 0 unspecified atom stereocenters. The molecule has 1 amide bonds. The molecule has 2 aromatic carbocycles. The maximum Gasteiger partial charge on any atom is 0.416 e. The molecule has 0 aliphatic rings. The van der Waals surface area contributed by atoms with Crippen LogP contribution in [0.1, 0.15) is 32.6 Å². The third-order valence-corrected chi connectivity index (χ3v) is 6.13. The second-order valence-corrected chi connectivity index (χ2v) is 8.65. The highest BCUT2D eigenvalue weighted by molar-refractivity contribution is 6.04. The molecule has 0 bridgehead atoms. The molecule has 5 N–H and O–H groups in total. The first kappa shape index (κ1) is 26.1. The molecular weight excluding hydrogens is 488 g/mol. The van der Waals surface area contributed by atoms with Gasteiger partial charge in [0.15, 0.2) is 5.65 Å². The molecule has 2 heterocycles. The van der Waals surface area contributed by atoms with E-state index >= 15 is 0 Å². The van der Waals surface area contributed by atoms with E-state index in [4.69, 9.17) is 10.7 Å². The first-order valence-corrected chi connectivity index (χ1v) is 11.6. The Kier molecular flexibility index (Phi) is 7.44. The molecule has 0 saturated heterocycles. The van der Waals surface area contributed by atoms with Crippen molar-refractivity contribution in [2.75, 3.05) is 30.8 Å². The van der Waals surface area contributed by atoms with Crippen LogP contribution in [0.15, 0.2) is 42.5 Å². The first-order valence-electron chi connectivity index (χ1n) is 11.6. The minimum Gasteiger partial charge on any atom is -0.384 e. The molecule has 37 heavy (non-hydrogen) atoms. The van der Waals surface area contributed by atoms with E-state index in [-0.39, 0.29) is 12.1 Å². The first-order chi connectivity index (χ1) is 17.6. The van der Waals surface area contributed by atoms with Gasteiger partial charge in [-0.05, 0) is 73.8 Å². The molecule has 0 spiro atoms. The largest absolute Gasteiger partial charge is 0.416 e. The van der Waals surface area contributed by atoms with E-state index in [1.807, 2.05) is 13.8 Å². The van der Waals surface area contributed by atoms with E-state index in [9.17, 15) is 22.4 Å². The lowest BCUT2D eigenvalue weighted by Gasteiger charge is -2.16. The highest BCUT2D eigenvalue weighted by Crippen LogP contribution is 2.35. The SMILES string of the molecule is Cc1ccc(NC(=O)c2cccc(C(F)(F)F)c2)cc1-c1nc2n[nH]c(N)c2c(C)c1CCNCCF. The number of nitrogen functional groups attached to an aromatic ring is 1. The number of anilines is 2. The number of nitrogens with zero attached hydrogens (tertiary/aromatic N) is 2. The number of halogens is 4. The Labute approximate surface area is 210 Å². The summed E-state index contributed by atoms with van der Waals surface area (Å²) >= 11 is 0. The molecular formula is C26H26F4N6O. The zero-order valence-electron chi connectivity index (χ0n) is 20.3. The minimum atomic E-state index is -4.55. The second kappa shape index (κ2) is 10.6. The average molecular weight is 515 g/mol. The summed E-state index contributed by atoms with van der Waals surface area (Å²) in [6.45, 7) is 4.06. The van der Waals surface area contributed by atoms with Crippen molar-refractivity contribution in [3.63, 3.8) is 0 Å². The number of rotatable bonds is 8. The number of nitrogens with one attached hydrogen (secondary N) is 3. The molecule has 0 saturated carbocycles. The van der Waals surface area contributed by atoms with Crippen LogP contribution in [0.3, 0.4) is 0 Å². The van der Waals surface area contributed by atoms with Crippen molar-refractivity contribution >= 4 is 28.4 Å². The highest BCUT2D eigenvalue weighted by Gasteiger charge is 2.31. The number of hydrogen-bond donors (Lipinski definition) is 4. The highest BCUT2D eigenvalue weighted by atomic mass is 19.4. The van der Waals surface area contributed by atoms with Crippen molar-refractivity contribution in [1.82, 2.24) is 20.5 Å². The minimum absolute atomic E-state index is 0.112. The van der Waals surface area contributed by atoms with E-state index in [0.717, 1.165) is 28.8 Å². The molecule has 4 rings (SSSR count). The Hall–Kier alpha value is -3.99. The normalized spacial score (nSPS) is 11.7. The summed E-state index contributed by atoms with van der Waals surface area (Å²) in [4.78, 5) is 17.5. The van der Waals surface area contributed by atoms with Crippen LogP contribution >= 0.6 is 0 Å². The maximum atomic E-state index is 13.1. The Balaban J connectivity index is 1.72. The number of carbonyl (C=O) groups is 1. The maximum absolute atomic E-state index is 13.1. The number of benzene rings is 2. The van der Waals surface area contributed by atoms with Crippen LogP contribution in [0.25, 0.3) is 22.3 Å². The fraction of sp³-hybridized carbons (Fsp3) is 0.269. The summed E-state index contributed by atoms with van der Waals surface area (Å²) < 4.78 is 51.8. The number of alkyl halides is 4. The van der Waals surface area contributed by atoms with Crippen LogP contribution in [0.2, 0.25) is 0 Å². The third-order valence-electron chi connectivity index (χ3n) is 6.13. The smallest absolute Gasteiger partial charge is 0.384 e. The second-order valence-electron chi connectivity index (χ2n) is 8.65. The fourth-order valence-electron chi connectivity index (χ4n) is 4.23. The van der Waals surface area contributed by atoms with Crippen molar-refractivity contribution in [1.29, 1.82) is 0 Å². The summed E-state index contributed by atoms with van der Waals surface area (Å²) in [5.74, 6) is -0.278. The van der Waals surface area contributed by atoms with Gasteiger partial charge in [-0.25, -0.2) is 9.37 Å². The number of carbonyl (C=O) groups excluding carboxylic acids is 1.